The molecule has 2 atom stereocenters. The summed E-state index contributed by atoms with van der Waals surface area (Å²) in [4.78, 5) is 1.60. The lowest BCUT2D eigenvalue weighted by atomic mass is 9.97. The van der Waals surface area contributed by atoms with Crippen LogP contribution >= 0.6 is 0 Å². The molecule has 5 heteroatoms. The first-order valence-corrected chi connectivity index (χ1v) is 6.37. The van der Waals surface area contributed by atoms with Crippen LogP contribution in [0.15, 0.2) is 0 Å². The molecule has 0 aromatic carbocycles. The van der Waals surface area contributed by atoms with Gasteiger partial charge in [-0.2, -0.15) is 13.2 Å². The van der Waals surface area contributed by atoms with E-state index in [0.29, 0.717) is 13.1 Å². The molecule has 17 heavy (non-hydrogen) atoms. The minimum absolute atomic E-state index is 0.00951. The molecule has 1 saturated heterocycles. The Morgan fingerprint density at radius 2 is 2.00 bits per heavy atom. The molecule has 1 N–H and O–H groups in total. The Labute approximate surface area is 102 Å². The highest BCUT2D eigenvalue weighted by atomic mass is 19.4. The standard InChI is InChI=1S/C12H23F3N2/c1-4-5-10-7-17(8-12(13,14)15)11(6-16-10)9(2)3/h9-11,16H,4-8H2,1-3H3. The summed E-state index contributed by atoms with van der Waals surface area (Å²) >= 11 is 0. The van der Waals surface area contributed by atoms with Gasteiger partial charge in [0.05, 0.1) is 6.54 Å². The highest BCUT2D eigenvalue weighted by Crippen LogP contribution is 2.23. The van der Waals surface area contributed by atoms with Gasteiger partial charge in [-0.05, 0) is 12.3 Å². The first-order chi connectivity index (χ1) is 7.83. The Hall–Kier alpha value is -0.290. The van der Waals surface area contributed by atoms with E-state index < -0.39 is 12.7 Å². The second kappa shape index (κ2) is 6.05. The van der Waals surface area contributed by atoms with E-state index in [-0.39, 0.29) is 18.0 Å². The molecule has 0 saturated carbocycles. The number of rotatable bonds is 4. The van der Waals surface area contributed by atoms with Gasteiger partial charge in [-0.15, -0.1) is 0 Å². The van der Waals surface area contributed by atoms with E-state index in [4.69, 9.17) is 0 Å². The molecule has 2 unspecified atom stereocenters. The van der Waals surface area contributed by atoms with Crippen LogP contribution in [-0.2, 0) is 0 Å². The Morgan fingerprint density at radius 3 is 2.47 bits per heavy atom. The molecular weight excluding hydrogens is 229 g/mol. The summed E-state index contributed by atoms with van der Waals surface area (Å²) in [5.74, 6) is 0.243. The smallest absolute Gasteiger partial charge is 0.311 e. The molecule has 0 aliphatic carbocycles. The second-order valence-electron chi connectivity index (χ2n) is 5.25. The van der Waals surface area contributed by atoms with E-state index in [1.54, 1.807) is 4.90 Å². The average Bonchev–Trinajstić information content (AvgIpc) is 2.15. The zero-order chi connectivity index (χ0) is 13.1. The van der Waals surface area contributed by atoms with E-state index in [2.05, 4.69) is 12.2 Å². The first-order valence-electron chi connectivity index (χ1n) is 6.37. The summed E-state index contributed by atoms with van der Waals surface area (Å²) in [5, 5.41) is 3.36. The van der Waals surface area contributed by atoms with Crippen molar-refractivity contribution >= 4 is 0 Å². The molecule has 0 spiro atoms. The maximum atomic E-state index is 12.5. The molecule has 1 heterocycles. The van der Waals surface area contributed by atoms with Crippen molar-refractivity contribution in [1.29, 1.82) is 0 Å². The van der Waals surface area contributed by atoms with Gasteiger partial charge in [0.15, 0.2) is 0 Å². The second-order valence-corrected chi connectivity index (χ2v) is 5.25. The molecule has 102 valence electrons. The third-order valence-electron chi connectivity index (χ3n) is 3.33. The van der Waals surface area contributed by atoms with Gasteiger partial charge in [0.2, 0.25) is 0 Å². The third-order valence-corrected chi connectivity index (χ3v) is 3.33. The summed E-state index contributed by atoms with van der Waals surface area (Å²) in [6, 6.07) is 0.196. The molecule has 1 aliphatic heterocycles. The van der Waals surface area contributed by atoms with Crippen molar-refractivity contribution in [3.8, 4) is 0 Å². The molecule has 0 aromatic heterocycles. The van der Waals surface area contributed by atoms with Gasteiger partial charge < -0.3 is 5.32 Å². The molecule has 1 fully saturated rings. The van der Waals surface area contributed by atoms with E-state index in [9.17, 15) is 13.2 Å². The predicted octanol–water partition coefficient (Wildman–Crippen LogP) is 2.65. The maximum absolute atomic E-state index is 12.5. The predicted molar refractivity (Wildman–Crippen MR) is 63.0 cm³/mol. The first kappa shape index (κ1) is 14.8. The number of nitrogens with zero attached hydrogens (tertiary/aromatic N) is 1. The highest BCUT2D eigenvalue weighted by Gasteiger charge is 2.37. The number of halogens is 3. The molecule has 0 bridgehead atoms. The van der Waals surface area contributed by atoms with Crippen LogP contribution in [0.5, 0.6) is 0 Å². The fraction of sp³-hybridized carbons (Fsp3) is 1.00. The lowest BCUT2D eigenvalue weighted by Gasteiger charge is -2.42. The molecule has 2 nitrogen and oxygen atoms in total. The number of hydrogen-bond acceptors (Lipinski definition) is 2. The lowest BCUT2D eigenvalue weighted by molar-refractivity contribution is -0.156. The SMILES string of the molecule is CCCC1CN(CC(F)(F)F)C(C(C)C)CN1. The normalized spacial score (nSPS) is 27.7. The Morgan fingerprint density at radius 1 is 1.35 bits per heavy atom. The van der Waals surface area contributed by atoms with Gasteiger partial charge >= 0.3 is 6.18 Å². The monoisotopic (exact) mass is 252 g/mol. The van der Waals surface area contributed by atoms with Crippen molar-refractivity contribution in [3.05, 3.63) is 0 Å². The van der Waals surface area contributed by atoms with Crippen LogP contribution < -0.4 is 5.32 Å². The van der Waals surface area contributed by atoms with Crippen molar-refractivity contribution in [2.24, 2.45) is 5.92 Å². The average molecular weight is 252 g/mol. The van der Waals surface area contributed by atoms with Crippen LogP contribution in [0.3, 0.4) is 0 Å². The number of alkyl halides is 3. The van der Waals surface area contributed by atoms with Crippen molar-refractivity contribution in [1.82, 2.24) is 10.2 Å². The summed E-state index contributed by atoms with van der Waals surface area (Å²) < 4.78 is 37.6. The summed E-state index contributed by atoms with van der Waals surface area (Å²) in [7, 11) is 0. The summed E-state index contributed by atoms with van der Waals surface area (Å²) in [5.41, 5.74) is 0. The number of nitrogens with one attached hydrogen (secondary N) is 1. The molecule has 0 aromatic rings. The van der Waals surface area contributed by atoms with Crippen LogP contribution in [0.1, 0.15) is 33.6 Å². The zero-order valence-electron chi connectivity index (χ0n) is 10.8. The highest BCUT2D eigenvalue weighted by molar-refractivity contribution is 4.88. The van der Waals surface area contributed by atoms with E-state index in [0.717, 1.165) is 12.8 Å². The van der Waals surface area contributed by atoms with E-state index in [1.165, 1.54) is 0 Å². The van der Waals surface area contributed by atoms with E-state index in [1.807, 2.05) is 13.8 Å². The van der Waals surface area contributed by atoms with Crippen molar-refractivity contribution < 1.29 is 13.2 Å². The fourth-order valence-electron chi connectivity index (χ4n) is 2.51. The van der Waals surface area contributed by atoms with Crippen molar-refractivity contribution in [3.63, 3.8) is 0 Å². The van der Waals surface area contributed by atoms with Gasteiger partial charge in [0.1, 0.15) is 0 Å². The maximum Gasteiger partial charge on any atom is 0.401 e. The minimum Gasteiger partial charge on any atom is -0.311 e. The van der Waals surface area contributed by atoms with Gasteiger partial charge in [-0.3, -0.25) is 4.90 Å². The molecule has 0 amide bonds. The largest absolute Gasteiger partial charge is 0.401 e. The molecule has 1 rings (SSSR count). The van der Waals surface area contributed by atoms with Crippen LogP contribution in [0, 0.1) is 5.92 Å². The zero-order valence-corrected chi connectivity index (χ0v) is 10.8. The summed E-state index contributed by atoms with van der Waals surface area (Å²) in [6.45, 7) is 6.42. The van der Waals surface area contributed by atoms with Crippen molar-refractivity contribution in [2.75, 3.05) is 19.6 Å². The van der Waals surface area contributed by atoms with Gasteiger partial charge in [-0.1, -0.05) is 27.2 Å². The number of piperazine rings is 1. The summed E-state index contributed by atoms with van der Waals surface area (Å²) in [6.07, 6.45) is -2.15. The third kappa shape index (κ3) is 4.84. The Balaban J connectivity index is 2.62. The minimum atomic E-state index is -4.10. The molecular formula is C12H23F3N2. The topological polar surface area (TPSA) is 15.3 Å². The molecule has 0 radical (unpaired) electrons. The molecule has 1 aliphatic rings. The Bertz CT molecular complexity index is 228. The van der Waals surface area contributed by atoms with E-state index >= 15 is 0 Å². The van der Waals surface area contributed by atoms with Crippen LogP contribution in [-0.4, -0.2) is 42.8 Å². The number of hydrogen-bond donors (Lipinski definition) is 1. The van der Waals surface area contributed by atoms with Crippen LogP contribution in [0.4, 0.5) is 13.2 Å². The quantitative estimate of drug-likeness (QED) is 0.827. The van der Waals surface area contributed by atoms with Gasteiger partial charge in [0.25, 0.3) is 0 Å². The van der Waals surface area contributed by atoms with Crippen molar-refractivity contribution in [2.45, 2.75) is 51.9 Å². The van der Waals surface area contributed by atoms with Gasteiger partial charge in [0, 0.05) is 25.2 Å². The van der Waals surface area contributed by atoms with Crippen LogP contribution in [0.25, 0.3) is 0 Å². The Kier molecular flexibility index (Phi) is 5.25. The lowest BCUT2D eigenvalue weighted by Crippen LogP contribution is -2.59. The fourth-order valence-corrected chi connectivity index (χ4v) is 2.51. The van der Waals surface area contributed by atoms with Crippen LogP contribution in [0.2, 0.25) is 0 Å². The van der Waals surface area contributed by atoms with Gasteiger partial charge in [-0.25, -0.2) is 0 Å².